The number of hydrogen-bond donors (Lipinski definition) is 1. The molecule has 1 N–H and O–H groups in total. The number of hydrogen-bond acceptors (Lipinski definition) is 4. The summed E-state index contributed by atoms with van der Waals surface area (Å²) in [4.78, 5) is 24.0. The Morgan fingerprint density at radius 2 is 2.22 bits per heavy atom. The molecule has 0 bridgehead atoms. The molecular formula is C14H20O4. The molecule has 2 rings (SSSR count). The van der Waals surface area contributed by atoms with E-state index in [0.29, 0.717) is 5.92 Å². The first-order chi connectivity index (χ1) is 8.47. The van der Waals surface area contributed by atoms with Crippen LogP contribution in [0.3, 0.4) is 0 Å². The van der Waals surface area contributed by atoms with Gasteiger partial charge in [-0.25, -0.2) is 4.79 Å². The van der Waals surface area contributed by atoms with E-state index in [1.807, 2.05) is 0 Å². The van der Waals surface area contributed by atoms with Gasteiger partial charge in [0.1, 0.15) is 16.9 Å². The third-order valence-electron chi connectivity index (χ3n) is 3.95. The van der Waals surface area contributed by atoms with Crippen molar-refractivity contribution in [2.24, 2.45) is 5.92 Å². The summed E-state index contributed by atoms with van der Waals surface area (Å²) in [6.45, 7) is 3.82. The standard InChI is InChI=1S/C14H20O4/c1-3-10(15)12-11(16)8-14(18-13(12)17)6-4-5-9(2)7-14/h9,15H,3-8H2,1-2H3. The molecule has 2 fully saturated rings. The van der Waals surface area contributed by atoms with Crippen molar-refractivity contribution in [1.82, 2.24) is 0 Å². The van der Waals surface area contributed by atoms with E-state index in [1.54, 1.807) is 6.92 Å². The fourth-order valence-corrected chi connectivity index (χ4v) is 3.10. The van der Waals surface area contributed by atoms with Crippen molar-refractivity contribution in [3.05, 3.63) is 11.3 Å². The fourth-order valence-electron chi connectivity index (χ4n) is 3.10. The number of rotatable bonds is 1. The zero-order valence-corrected chi connectivity index (χ0v) is 11.0. The van der Waals surface area contributed by atoms with Gasteiger partial charge in [-0.2, -0.15) is 0 Å². The van der Waals surface area contributed by atoms with Gasteiger partial charge in [-0.3, -0.25) is 4.79 Å². The number of aliphatic hydroxyl groups is 1. The highest BCUT2D eigenvalue weighted by atomic mass is 16.6. The van der Waals surface area contributed by atoms with Gasteiger partial charge in [0, 0.05) is 6.42 Å². The summed E-state index contributed by atoms with van der Waals surface area (Å²) >= 11 is 0. The summed E-state index contributed by atoms with van der Waals surface area (Å²) < 4.78 is 5.51. The van der Waals surface area contributed by atoms with Crippen LogP contribution >= 0.6 is 0 Å². The van der Waals surface area contributed by atoms with E-state index in [9.17, 15) is 14.7 Å². The van der Waals surface area contributed by atoms with Crippen molar-refractivity contribution in [3.63, 3.8) is 0 Å². The minimum atomic E-state index is -0.639. The first kappa shape index (κ1) is 13.1. The summed E-state index contributed by atoms with van der Waals surface area (Å²) in [6.07, 6.45) is 4.12. The Labute approximate surface area is 107 Å². The number of allylic oxidation sites excluding steroid dienone is 1. The number of carbonyl (C=O) groups excluding carboxylic acids is 2. The maximum atomic E-state index is 12.1. The van der Waals surface area contributed by atoms with Crippen molar-refractivity contribution in [2.75, 3.05) is 0 Å². The van der Waals surface area contributed by atoms with Crippen molar-refractivity contribution in [1.29, 1.82) is 0 Å². The molecule has 1 aliphatic carbocycles. The molecule has 2 aliphatic rings. The van der Waals surface area contributed by atoms with Crippen molar-refractivity contribution in [2.45, 2.75) is 58.0 Å². The van der Waals surface area contributed by atoms with E-state index >= 15 is 0 Å². The minimum Gasteiger partial charge on any atom is -0.511 e. The van der Waals surface area contributed by atoms with Crippen LogP contribution in [0, 0.1) is 5.92 Å². The van der Waals surface area contributed by atoms with Crippen LogP contribution in [-0.2, 0) is 14.3 Å². The van der Waals surface area contributed by atoms with Crippen LogP contribution < -0.4 is 0 Å². The Bertz CT molecular complexity index is 388. The van der Waals surface area contributed by atoms with E-state index in [2.05, 4.69) is 6.92 Å². The third-order valence-corrected chi connectivity index (χ3v) is 3.95. The van der Waals surface area contributed by atoms with Gasteiger partial charge in [-0.05, 0) is 25.2 Å². The zero-order chi connectivity index (χ0) is 13.3. The number of aliphatic hydroxyl groups excluding tert-OH is 1. The second-order valence-electron chi connectivity index (χ2n) is 5.55. The molecule has 0 radical (unpaired) electrons. The van der Waals surface area contributed by atoms with Gasteiger partial charge in [-0.15, -0.1) is 0 Å². The minimum absolute atomic E-state index is 0.138. The van der Waals surface area contributed by atoms with Gasteiger partial charge < -0.3 is 9.84 Å². The lowest BCUT2D eigenvalue weighted by Gasteiger charge is -2.41. The zero-order valence-electron chi connectivity index (χ0n) is 11.0. The summed E-state index contributed by atoms with van der Waals surface area (Å²) in [5, 5.41) is 9.62. The number of esters is 1. The Morgan fingerprint density at radius 1 is 1.50 bits per heavy atom. The molecule has 1 aliphatic heterocycles. The molecule has 4 heteroatoms. The van der Waals surface area contributed by atoms with Gasteiger partial charge in [0.25, 0.3) is 0 Å². The maximum Gasteiger partial charge on any atom is 0.345 e. The number of ether oxygens (including phenoxy) is 1. The van der Waals surface area contributed by atoms with Gasteiger partial charge in [-0.1, -0.05) is 20.3 Å². The van der Waals surface area contributed by atoms with Crippen LogP contribution in [0.15, 0.2) is 11.3 Å². The van der Waals surface area contributed by atoms with E-state index in [-0.39, 0.29) is 30.0 Å². The number of ketones is 1. The Hall–Kier alpha value is -1.32. The summed E-state index contributed by atoms with van der Waals surface area (Å²) in [5.41, 5.74) is -0.745. The van der Waals surface area contributed by atoms with Crippen molar-refractivity contribution >= 4 is 11.8 Å². The van der Waals surface area contributed by atoms with Crippen LogP contribution in [0.2, 0.25) is 0 Å². The predicted molar refractivity (Wildman–Crippen MR) is 66.0 cm³/mol. The molecule has 0 aromatic carbocycles. The Morgan fingerprint density at radius 3 is 2.78 bits per heavy atom. The van der Waals surface area contributed by atoms with Gasteiger partial charge in [0.2, 0.25) is 0 Å². The van der Waals surface area contributed by atoms with Crippen LogP contribution in [0.4, 0.5) is 0 Å². The van der Waals surface area contributed by atoms with Gasteiger partial charge in [0.15, 0.2) is 5.78 Å². The summed E-state index contributed by atoms with van der Waals surface area (Å²) in [7, 11) is 0. The molecule has 0 amide bonds. The highest BCUT2D eigenvalue weighted by Crippen LogP contribution is 2.41. The SMILES string of the molecule is CCC(O)=C1C(=O)CC2(CCCC(C)C2)OC1=O. The molecule has 1 saturated carbocycles. The van der Waals surface area contributed by atoms with E-state index in [1.165, 1.54) is 0 Å². The topological polar surface area (TPSA) is 63.6 Å². The second kappa shape index (κ2) is 4.75. The average molecular weight is 252 g/mol. The average Bonchev–Trinajstić information content (AvgIpc) is 2.27. The summed E-state index contributed by atoms with van der Waals surface area (Å²) in [6, 6.07) is 0. The molecule has 1 saturated heterocycles. The molecule has 1 heterocycles. The van der Waals surface area contributed by atoms with E-state index < -0.39 is 11.6 Å². The monoisotopic (exact) mass is 252 g/mol. The fraction of sp³-hybridized carbons (Fsp3) is 0.714. The second-order valence-corrected chi connectivity index (χ2v) is 5.55. The van der Waals surface area contributed by atoms with E-state index in [4.69, 9.17) is 4.74 Å². The van der Waals surface area contributed by atoms with Crippen LogP contribution in [0.25, 0.3) is 0 Å². The maximum absolute atomic E-state index is 12.1. The van der Waals surface area contributed by atoms with Gasteiger partial charge in [0.05, 0.1) is 6.42 Å². The molecule has 18 heavy (non-hydrogen) atoms. The molecule has 0 aromatic rings. The van der Waals surface area contributed by atoms with E-state index in [0.717, 1.165) is 25.7 Å². The molecule has 100 valence electrons. The lowest BCUT2D eigenvalue weighted by molar-refractivity contribution is -0.169. The first-order valence-corrected chi connectivity index (χ1v) is 6.66. The molecule has 2 unspecified atom stereocenters. The smallest absolute Gasteiger partial charge is 0.345 e. The lowest BCUT2D eigenvalue weighted by Crippen LogP contribution is -2.47. The molecule has 2 atom stereocenters. The quantitative estimate of drug-likeness (QED) is 0.337. The Balaban J connectivity index is 2.24. The number of Topliss-reactive ketones (excluding diaryl/α,β-unsaturated/α-hetero) is 1. The molecule has 1 spiro atoms. The lowest BCUT2D eigenvalue weighted by atomic mass is 9.74. The Kier molecular flexibility index (Phi) is 3.46. The largest absolute Gasteiger partial charge is 0.511 e. The van der Waals surface area contributed by atoms with Gasteiger partial charge >= 0.3 is 5.97 Å². The van der Waals surface area contributed by atoms with Crippen LogP contribution in [-0.4, -0.2) is 22.5 Å². The molecular weight excluding hydrogens is 232 g/mol. The van der Waals surface area contributed by atoms with Crippen molar-refractivity contribution in [3.8, 4) is 0 Å². The number of carbonyl (C=O) groups is 2. The highest BCUT2D eigenvalue weighted by molar-refractivity contribution is 6.19. The normalized spacial score (nSPS) is 35.6. The summed E-state index contributed by atoms with van der Waals surface area (Å²) in [5.74, 6) is -0.576. The van der Waals surface area contributed by atoms with Crippen LogP contribution in [0.5, 0.6) is 0 Å². The van der Waals surface area contributed by atoms with Crippen LogP contribution in [0.1, 0.15) is 52.4 Å². The molecule has 4 nitrogen and oxygen atoms in total. The van der Waals surface area contributed by atoms with Crippen molar-refractivity contribution < 1.29 is 19.4 Å². The predicted octanol–water partition coefficient (Wildman–Crippen LogP) is 2.67. The third kappa shape index (κ3) is 2.28. The molecule has 0 aromatic heterocycles. The first-order valence-electron chi connectivity index (χ1n) is 6.66. The highest BCUT2D eigenvalue weighted by Gasteiger charge is 2.47.